The summed E-state index contributed by atoms with van der Waals surface area (Å²) in [6.45, 7) is 7.13. The fraction of sp³-hybridized carbons (Fsp3) is 1.00. The highest BCUT2D eigenvalue weighted by Gasteiger charge is 2.58. The predicted octanol–water partition coefficient (Wildman–Crippen LogP) is 4.17. The van der Waals surface area contributed by atoms with Gasteiger partial charge in [-0.1, -0.05) is 33.1 Å². The third kappa shape index (κ3) is 2.92. The molecule has 5 unspecified atom stereocenters. The normalized spacial score (nSPS) is 40.6. The Hall–Kier alpha value is 0.0969. The van der Waals surface area contributed by atoms with Crippen LogP contribution in [0.2, 0.25) is 5.54 Å². The second-order valence-corrected chi connectivity index (χ2v) is 11.7. The highest BCUT2D eigenvalue weighted by molar-refractivity contribution is 6.66. The van der Waals surface area contributed by atoms with Crippen molar-refractivity contribution < 1.29 is 8.85 Å². The lowest BCUT2D eigenvalue weighted by molar-refractivity contribution is 0.0945. The molecule has 3 fully saturated rings. The minimum atomic E-state index is -2.27. The van der Waals surface area contributed by atoms with E-state index in [9.17, 15) is 0 Å². The molecular formula is C18H35NO2Si. The Kier molecular flexibility index (Phi) is 5.33. The Morgan fingerprint density at radius 3 is 2.14 bits per heavy atom. The summed E-state index contributed by atoms with van der Waals surface area (Å²) in [5.74, 6) is 3.36. The van der Waals surface area contributed by atoms with Crippen molar-refractivity contribution >= 4 is 8.72 Å². The van der Waals surface area contributed by atoms with Gasteiger partial charge in [-0.05, 0) is 62.4 Å². The molecule has 128 valence electrons. The molecule has 0 amide bonds. The first-order valence-corrected chi connectivity index (χ1v) is 11.3. The van der Waals surface area contributed by atoms with Gasteiger partial charge in [0, 0.05) is 19.8 Å². The van der Waals surface area contributed by atoms with Gasteiger partial charge in [-0.3, -0.25) is 4.57 Å². The Bertz CT molecular complexity index is 364. The number of rotatable bonds is 4. The smallest absolute Gasteiger partial charge is 0.386 e. The van der Waals surface area contributed by atoms with Crippen LogP contribution in [0.4, 0.5) is 0 Å². The van der Waals surface area contributed by atoms with Crippen LogP contribution in [0.25, 0.3) is 0 Å². The van der Waals surface area contributed by atoms with Crippen molar-refractivity contribution in [1.82, 2.24) is 4.57 Å². The molecule has 0 aromatic heterocycles. The summed E-state index contributed by atoms with van der Waals surface area (Å²) in [6.07, 6.45) is 9.83. The molecule has 0 aromatic carbocycles. The van der Waals surface area contributed by atoms with Crippen molar-refractivity contribution in [3.8, 4) is 0 Å². The van der Waals surface area contributed by atoms with Gasteiger partial charge in [0.1, 0.15) is 0 Å². The van der Waals surface area contributed by atoms with Crippen LogP contribution in [-0.2, 0) is 8.85 Å². The van der Waals surface area contributed by atoms with Gasteiger partial charge >= 0.3 is 8.72 Å². The molecule has 22 heavy (non-hydrogen) atoms. The van der Waals surface area contributed by atoms with Gasteiger partial charge in [0.25, 0.3) is 0 Å². The molecule has 0 bridgehead atoms. The van der Waals surface area contributed by atoms with Crippen LogP contribution in [-0.4, -0.2) is 40.6 Å². The van der Waals surface area contributed by atoms with Crippen LogP contribution < -0.4 is 0 Å². The SMILES string of the molecule is CO[Si](OC)(C1CCC2CCCCC21)N1CC(C)CC(C)C1. The molecule has 0 spiro atoms. The minimum absolute atomic E-state index is 0.685. The van der Waals surface area contributed by atoms with E-state index in [4.69, 9.17) is 8.85 Å². The van der Waals surface area contributed by atoms with Crippen LogP contribution in [0.15, 0.2) is 0 Å². The Morgan fingerprint density at radius 1 is 0.864 bits per heavy atom. The molecule has 3 aliphatic rings. The summed E-state index contributed by atoms with van der Waals surface area (Å²) in [5.41, 5.74) is 0.685. The second kappa shape index (κ2) is 6.92. The highest BCUT2D eigenvalue weighted by Crippen LogP contribution is 2.54. The Labute approximate surface area is 138 Å². The monoisotopic (exact) mass is 325 g/mol. The van der Waals surface area contributed by atoms with Crippen LogP contribution in [0, 0.1) is 23.7 Å². The summed E-state index contributed by atoms with van der Waals surface area (Å²) < 4.78 is 15.3. The maximum atomic E-state index is 6.30. The van der Waals surface area contributed by atoms with Gasteiger partial charge in [-0.15, -0.1) is 0 Å². The van der Waals surface area contributed by atoms with Crippen molar-refractivity contribution in [2.24, 2.45) is 23.7 Å². The number of hydrogen-bond acceptors (Lipinski definition) is 3. The molecule has 2 saturated carbocycles. The van der Waals surface area contributed by atoms with E-state index < -0.39 is 8.72 Å². The summed E-state index contributed by atoms with van der Waals surface area (Å²) in [5, 5.41) is 0. The first-order chi connectivity index (χ1) is 10.6. The van der Waals surface area contributed by atoms with Gasteiger partial charge in [0.2, 0.25) is 0 Å². The number of hydrogen-bond donors (Lipinski definition) is 0. The van der Waals surface area contributed by atoms with Crippen LogP contribution in [0.1, 0.15) is 58.8 Å². The zero-order valence-electron chi connectivity index (χ0n) is 15.0. The van der Waals surface area contributed by atoms with E-state index in [1.807, 2.05) is 14.2 Å². The van der Waals surface area contributed by atoms with E-state index in [1.54, 1.807) is 0 Å². The first-order valence-electron chi connectivity index (χ1n) is 9.46. The van der Waals surface area contributed by atoms with Gasteiger partial charge in [-0.25, -0.2) is 0 Å². The van der Waals surface area contributed by atoms with Crippen LogP contribution in [0.3, 0.4) is 0 Å². The minimum Gasteiger partial charge on any atom is -0.386 e. The maximum Gasteiger partial charge on any atom is 0.430 e. The van der Waals surface area contributed by atoms with E-state index in [2.05, 4.69) is 18.4 Å². The molecule has 1 aliphatic heterocycles. The molecule has 2 aliphatic carbocycles. The van der Waals surface area contributed by atoms with E-state index in [-0.39, 0.29) is 0 Å². The highest BCUT2D eigenvalue weighted by atomic mass is 28.4. The van der Waals surface area contributed by atoms with Crippen LogP contribution >= 0.6 is 0 Å². The number of piperidine rings is 1. The first kappa shape index (κ1) is 16.9. The standard InChI is InChI=1S/C18H35NO2Si/c1-14-11-15(2)13-19(12-14)22(20-3,21-4)18-10-9-16-7-5-6-8-17(16)18/h14-18H,5-13H2,1-4H3. The molecule has 3 rings (SSSR count). The molecule has 0 N–H and O–H groups in total. The second-order valence-electron chi connectivity index (χ2n) is 8.28. The lowest BCUT2D eigenvalue weighted by atomic mass is 9.82. The van der Waals surface area contributed by atoms with Gasteiger partial charge in [0.05, 0.1) is 0 Å². The van der Waals surface area contributed by atoms with Crippen molar-refractivity contribution in [3.05, 3.63) is 0 Å². The molecule has 0 radical (unpaired) electrons. The van der Waals surface area contributed by atoms with Crippen LogP contribution in [0.5, 0.6) is 0 Å². The largest absolute Gasteiger partial charge is 0.430 e. The van der Waals surface area contributed by atoms with Crippen molar-refractivity contribution in [1.29, 1.82) is 0 Å². The average Bonchev–Trinajstić information content (AvgIpc) is 2.93. The van der Waals surface area contributed by atoms with E-state index in [0.29, 0.717) is 5.54 Å². The Balaban J connectivity index is 1.84. The van der Waals surface area contributed by atoms with E-state index >= 15 is 0 Å². The lowest BCUT2D eigenvalue weighted by Gasteiger charge is -2.48. The third-order valence-electron chi connectivity index (χ3n) is 6.70. The van der Waals surface area contributed by atoms with Gasteiger partial charge in [0.15, 0.2) is 0 Å². The van der Waals surface area contributed by atoms with Crippen molar-refractivity contribution in [3.63, 3.8) is 0 Å². The molecule has 3 nitrogen and oxygen atoms in total. The summed E-state index contributed by atoms with van der Waals surface area (Å²) >= 11 is 0. The maximum absolute atomic E-state index is 6.30. The average molecular weight is 326 g/mol. The Morgan fingerprint density at radius 2 is 1.50 bits per heavy atom. The quantitative estimate of drug-likeness (QED) is 0.724. The summed E-state index contributed by atoms with van der Waals surface area (Å²) in [6, 6.07) is 0. The van der Waals surface area contributed by atoms with E-state index in [1.165, 1.54) is 58.0 Å². The zero-order chi connectivity index (χ0) is 15.7. The van der Waals surface area contributed by atoms with Gasteiger partial charge < -0.3 is 8.85 Å². The topological polar surface area (TPSA) is 21.7 Å². The van der Waals surface area contributed by atoms with E-state index in [0.717, 1.165) is 23.7 Å². The fourth-order valence-electron chi connectivity index (χ4n) is 5.98. The van der Waals surface area contributed by atoms with Crippen molar-refractivity contribution in [2.45, 2.75) is 64.3 Å². The molecule has 0 aromatic rings. The molecule has 1 saturated heterocycles. The number of nitrogens with zero attached hydrogens (tertiary/aromatic N) is 1. The lowest BCUT2D eigenvalue weighted by Crippen LogP contribution is -2.64. The molecule has 4 heteroatoms. The third-order valence-corrected chi connectivity index (χ3v) is 10.8. The summed E-state index contributed by atoms with van der Waals surface area (Å²) in [4.78, 5) is 0. The van der Waals surface area contributed by atoms with Gasteiger partial charge in [-0.2, -0.15) is 0 Å². The molecule has 1 heterocycles. The molecule has 5 atom stereocenters. The molecular weight excluding hydrogens is 290 g/mol. The zero-order valence-corrected chi connectivity index (χ0v) is 16.0. The number of fused-ring (bicyclic) bond motifs is 1. The summed E-state index contributed by atoms with van der Waals surface area (Å²) in [7, 11) is 1.58. The van der Waals surface area contributed by atoms with Crippen molar-refractivity contribution in [2.75, 3.05) is 27.3 Å². The predicted molar refractivity (Wildman–Crippen MR) is 92.7 cm³/mol. The fourth-order valence-corrected chi connectivity index (χ4v) is 10.4.